The molecule has 4 nitrogen and oxygen atoms in total. The van der Waals surface area contributed by atoms with Crippen molar-refractivity contribution in [3.05, 3.63) is 64.2 Å². The minimum absolute atomic E-state index is 0.275. The van der Waals surface area contributed by atoms with E-state index < -0.39 is 5.97 Å². The minimum atomic E-state index is -0.488. The molecule has 144 valence electrons. The number of nitrogens with one attached hydrogen (secondary N) is 1. The van der Waals surface area contributed by atoms with Gasteiger partial charge in [0.15, 0.2) is 6.61 Å². The van der Waals surface area contributed by atoms with Crippen LogP contribution in [0.25, 0.3) is 0 Å². The van der Waals surface area contributed by atoms with E-state index in [1.165, 1.54) is 0 Å². The fourth-order valence-corrected chi connectivity index (χ4v) is 3.18. The molecule has 0 aliphatic heterocycles. The summed E-state index contributed by atoms with van der Waals surface area (Å²) in [5, 5.41) is 2.96. The summed E-state index contributed by atoms with van der Waals surface area (Å²) in [5.41, 5.74) is 5.42. The van der Waals surface area contributed by atoms with Crippen molar-refractivity contribution in [3.63, 3.8) is 0 Å². The number of amides is 1. The molecule has 0 atom stereocenters. The van der Waals surface area contributed by atoms with E-state index in [4.69, 9.17) is 4.74 Å². The normalized spacial score (nSPS) is 11.0. The number of aryl methyl sites for hydroxylation is 2. The predicted molar refractivity (Wildman–Crippen MR) is 109 cm³/mol. The lowest BCUT2D eigenvalue weighted by Gasteiger charge is -2.20. The Labute approximate surface area is 161 Å². The molecule has 4 heteroatoms. The third-order valence-electron chi connectivity index (χ3n) is 4.43. The van der Waals surface area contributed by atoms with Crippen LogP contribution in [-0.4, -0.2) is 18.5 Å². The third kappa shape index (κ3) is 5.43. The van der Waals surface area contributed by atoms with Gasteiger partial charge in [0, 0.05) is 5.69 Å². The zero-order chi connectivity index (χ0) is 20.1. The second-order valence-electron chi connectivity index (χ2n) is 7.62. The fraction of sp³-hybridized carbons (Fsp3) is 0.391. The standard InChI is InChI=1S/C23H29NO3/c1-14(2)19-8-7-9-20(15(3)4)22(19)24-21(25)13-27-23(26)18-11-16(5)10-17(6)12-18/h7-12,14-15H,13H2,1-6H3,(H,24,25). The molecule has 2 aromatic rings. The number of esters is 1. The summed E-state index contributed by atoms with van der Waals surface area (Å²) < 4.78 is 5.22. The van der Waals surface area contributed by atoms with Gasteiger partial charge in [-0.25, -0.2) is 4.79 Å². The topological polar surface area (TPSA) is 55.4 Å². The van der Waals surface area contributed by atoms with Crippen molar-refractivity contribution >= 4 is 17.6 Å². The van der Waals surface area contributed by atoms with Crippen LogP contribution >= 0.6 is 0 Å². The van der Waals surface area contributed by atoms with Crippen molar-refractivity contribution in [2.24, 2.45) is 0 Å². The average Bonchev–Trinajstić information content (AvgIpc) is 2.58. The molecule has 2 rings (SSSR count). The summed E-state index contributed by atoms with van der Waals surface area (Å²) >= 11 is 0. The molecule has 0 saturated carbocycles. The number of hydrogen-bond donors (Lipinski definition) is 1. The molecule has 0 aromatic heterocycles. The van der Waals surface area contributed by atoms with Gasteiger partial charge in [0.2, 0.25) is 0 Å². The largest absolute Gasteiger partial charge is 0.452 e. The molecule has 0 aliphatic rings. The first-order valence-electron chi connectivity index (χ1n) is 9.37. The number of carbonyl (C=O) groups excluding carboxylic acids is 2. The number of ether oxygens (including phenoxy) is 1. The molecular formula is C23H29NO3. The Morgan fingerprint density at radius 1 is 0.926 bits per heavy atom. The Hall–Kier alpha value is -2.62. The molecule has 0 fully saturated rings. The summed E-state index contributed by atoms with van der Waals surface area (Å²) in [6, 6.07) is 11.6. The van der Waals surface area contributed by atoms with Gasteiger partial charge in [-0.05, 0) is 48.9 Å². The first kappa shape index (κ1) is 20.7. The lowest BCUT2D eigenvalue weighted by atomic mass is 9.92. The number of benzene rings is 2. The second kappa shape index (κ2) is 8.85. The van der Waals surface area contributed by atoms with Crippen molar-refractivity contribution in [1.29, 1.82) is 0 Å². The number of para-hydroxylation sites is 1. The molecule has 0 bridgehead atoms. The highest BCUT2D eigenvalue weighted by molar-refractivity contribution is 5.96. The number of anilines is 1. The van der Waals surface area contributed by atoms with E-state index in [0.717, 1.165) is 27.9 Å². The van der Waals surface area contributed by atoms with Crippen molar-refractivity contribution in [3.8, 4) is 0 Å². The Balaban J connectivity index is 2.11. The molecular weight excluding hydrogens is 338 g/mol. The Kier molecular flexibility index (Phi) is 6.78. The van der Waals surface area contributed by atoms with Gasteiger partial charge in [-0.15, -0.1) is 0 Å². The van der Waals surface area contributed by atoms with Gasteiger partial charge in [0.1, 0.15) is 0 Å². The van der Waals surface area contributed by atoms with Gasteiger partial charge < -0.3 is 10.1 Å². The predicted octanol–water partition coefficient (Wildman–Crippen LogP) is 5.35. The van der Waals surface area contributed by atoms with E-state index >= 15 is 0 Å². The van der Waals surface area contributed by atoms with E-state index in [9.17, 15) is 9.59 Å². The summed E-state index contributed by atoms with van der Waals surface area (Å²) in [6.45, 7) is 11.9. The van der Waals surface area contributed by atoms with Crippen LogP contribution in [0.15, 0.2) is 36.4 Å². The summed E-state index contributed by atoms with van der Waals surface area (Å²) in [4.78, 5) is 24.7. The molecule has 0 aliphatic carbocycles. The zero-order valence-corrected chi connectivity index (χ0v) is 17.1. The maximum absolute atomic E-state index is 12.4. The molecule has 0 unspecified atom stereocenters. The molecule has 1 amide bonds. The Morgan fingerprint density at radius 3 is 1.93 bits per heavy atom. The highest BCUT2D eigenvalue weighted by Gasteiger charge is 2.17. The van der Waals surface area contributed by atoms with Gasteiger partial charge in [0.05, 0.1) is 5.56 Å². The minimum Gasteiger partial charge on any atom is -0.452 e. The van der Waals surface area contributed by atoms with E-state index in [0.29, 0.717) is 5.56 Å². The van der Waals surface area contributed by atoms with Gasteiger partial charge in [-0.3, -0.25) is 4.79 Å². The van der Waals surface area contributed by atoms with Crippen molar-refractivity contribution < 1.29 is 14.3 Å². The average molecular weight is 367 g/mol. The van der Waals surface area contributed by atoms with E-state index in [1.807, 2.05) is 38.1 Å². The molecule has 0 saturated heterocycles. The van der Waals surface area contributed by atoms with Crippen LogP contribution < -0.4 is 5.32 Å². The lowest BCUT2D eigenvalue weighted by molar-refractivity contribution is -0.119. The maximum Gasteiger partial charge on any atom is 0.338 e. The van der Waals surface area contributed by atoms with Gasteiger partial charge in [-0.2, -0.15) is 0 Å². The quantitative estimate of drug-likeness (QED) is 0.701. The molecule has 0 radical (unpaired) electrons. The van der Waals surface area contributed by atoms with Crippen LogP contribution in [0, 0.1) is 13.8 Å². The van der Waals surface area contributed by atoms with Gasteiger partial charge in [-0.1, -0.05) is 63.1 Å². The number of carbonyl (C=O) groups is 2. The molecule has 0 spiro atoms. The lowest BCUT2D eigenvalue weighted by Crippen LogP contribution is -2.22. The molecule has 0 heterocycles. The van der Waals surface area contributed by atoms with E-state index in [-0.39, 0.29) is 24.3 Å². The van der Waals surface area contributed by atoms with Crippen molar-refractivity contribution in [1.82, 2.24) is 0 Å². The molecule has 2 aromatic carbocycles. The zero-order valence-electron chi connectivity index (χ0n) is 17.1. The van der Waals surface area contributed by atoms with E-state index in [1.54, 1.807) is 12.1 Å². The maximum atomic E-state index is 12.4. The van der Waals surface area contributed by atoms with E-state index in [2.05, 4.69) is 33.0 Å². The number of rotatable bonds is 6. The highest BCUT2D eigenvalue weighted by atomic mass is 16.5. The van der Waals surface area contributed by atoms with Crippen LogP contribution in [-0.2, 0) is 9.53 Å². The SMILES string of the molecule is Cc1cc(C)cc(C(=O)OCC(=O)Nc2c(C(C)C)cccc2C(C)C)c1. The first-order chi connectivity index (χ1) is 12.7. The van der Waals surface area contributed by atoms with Gasteiger partial charge >= 0.3 is 5.97 Å². The molecule has 27 heavy (non-hydrogen) atoms. The highest BCUT2D eigenvalue weighted by Crippen LogP contribution is 2.32. The molecule has 1 N–H and O–H groups in total. The van der Waals surface area contributed by atoms with Crippen LogP contribution in [0.3, 0.4) is 0 Å². The smallest absolute Gasteiger partial charge is 0.338 e. The third-order valence-corrected chi connectivity index (χ3v) is 4.43. The number of hydrogen-bond acceptors (Lipinski definition) is 3. The first-order valence-corrected chi connectivity index (χ1v) is 9.37. The van der Waals surface area contributed by atoms with Gasteiger partial charge in [0.25, 0.3) is 5.91 Å². The van der Waals surface area contributed by atoms with Crippen LogP contribution in [0.2, 0.25) is 0 Å². The van der Waals surface area contributed by atoms with Crippen LogP contribution in [0.4, 0.5) is 5.69 Å². The van der Waals surface area contributed by atoms with Crippen LogP contribution in [0.5, 0.6) is 0 Å². The van der Waals surface area contributed by atoms with Crippen molar-refractivity contribution in [2.45, 2.75) is 53.4 Å². The summed E-state index contributed by atoms with van der Waals surface area (Å²) in [7, 11) is 0. The monoisotopic (exact) mass is 367 g/mol. The summed E-state index contributed by atoms with van der Waals surface area (Å²) in [6.07, 6.45) is 0. The van der Waals surface area contributed by atoms with Crippen molar-refractivity contribution in [2.75, 3.05) is 11.9 Å². The Bertz CT molecular complexity index is 791. The van der Waals surface area contributed by atoms with Crippen LogP contribution in [0.1, 0.15) is 72.1 Å². The second-order valence-corrected chi connectivity index (χ2v) is 7.62. The Morgan fingerprint density at radius 2 is 1.44 bits per heavy atom. The fourth-order valence-electron chi connectivity index (χ4n) is 3.18. The summed E-state index contributed by atoms with van der Waals surface area (Å²) in [5.74, 6) is -0.269.